The molecular weight excluding hydrogens is 443 g/mol. The molecule has 8 heteroatoms. The van der Waals surface area contributed by atoms with E-state index >= 15 is 0 Å². The molecule has 0 bridgehead atoms. The van der Waals surface area contributed by atoms with Gasteiger partial charge in [0, 0.05) is 31.2 Å². The maximum atomic E-state index is 14.4. The number of nitrogens with one attached hydrogen (secondary N) is 1. The molecule has 1 aliphatic heterocycles. The lowest BCUT2D eigenvalue weighted by Crippen LogP contribution is -2.42. The smallest absolute Gasteiger partial charge is 0.240 e. The van der Waals surface area contributed by atoms with Gasteiger partial charge in [-0.1, -0.05) is 36.4 Å². The standard InChI is InChI=1S/C25H27FN2O4S/c1-31-24-14-18-12-13-28(17-19-8-6-7-11-22(19)26)23(21(18)15-25(24)32-2)16-27-33(29,30)20-9-4-3-5-10-20/h3-11,14-15,23,27H,12-13,16-17H2,1-2H3/t23-/m0/s1. The zero-order valence-corrected chi connectivity index (χ0v) is 19.4. The number of hydrogen-bond donors (Lipinski definition) is 1. The third kappa shape index (κ3) is 5.03. The van der Waals surface area contributed by atoms with Crippen LogP contribution in [-0.2, 0) is 23.0 Å². The lowest BCUT2D eigenvalue weighted by atomic mass is 9.91. The monoisotopic (exact) mass is 470 g/mol. The Labute approximate surface area is 194 Å². The molecule has 3 aromatic rings. The fourth-order valence-electron chi connectivity index (χ4n) is 4.23. The molecule has 1 N–H and O–H groups in total. The van der Waals surface area contributed by atoms with Crippen LogP contribution in [0.25, 0.3) is 0 Å². The second kappa shape index (κ2) is 9.91. The number of fused-ring (bicyclic) bond motifs is 1. The third-order valence-electron chi connectivity index (χ3n) is 5.96. The number of rotatable bonds is 8. The molecule has 0 fully saturated rings. The fourth-order valence-corrected chi connectivity index (χ4v) is 5.28. The van der Waals surface area contributed by atoms with Crippen LogP contribution in [0.5, 0.6) is 11.5 Å². The normalized spacial score (nSPS) is 16.3. The van der Waals surface area contributed by atoms with Gasteiger partial charge in [0.05, 0.1) is 19.1 Å². The first-order valence-corrected chi connectivity index (χ1v) is 12.2. The SMILES string of the molecule is COc1cc2c(cc1OC)[C@H](CNS(=O)(=O)c1ccccc1)N(Cc1ccccc1F)CC2. The number of nitrogens with zero attached hydrogens (tertiary/aromatic N) is 1. The first-order valence-electron chi connectivity index (χ1n) is 10.7. The van der Waals surface area contributed by atoms with E-state index in [1.807, 2.05) is 12.1 Å². The van der Waals surface area contributed by atoms with E-state index in [0.717, 1.165) is 17.5 Å². The molecule has 6 nitrogen and oxygen atoms in total. The van der Waals surface area contributed by atoms with E-state index in [0.29, 0.717) is 30.2 Å². The zero-order chi connectivity index (χ0) is 23.4. The molecule has 4 rings (SSSR count). The van der Waals surface area contributed by atoms with Crippen molar-refractivity contribution in [2.45, 2.75) is 23.9 Å². The minimum Gasteiger partial charge on any atom is -0.493 e. The molecule has 0 amide bonds. The Morgan fingerprint density at radius 2 is 1.67 bits per heavy atom. The van der Waals surface area contributed by atoms with Crippen LogP contribution in [0.4, 0.5) is 4.39 Å². The summed E-state index contributed by atoms with van der Waals surface area (Å²) in [5.74, 6) is 0.918. The Morgan fingerprint density at radius 3 is 2.36 bits per heavy atom. The third-order valence-corrected chi connectivity index (χ3v) is 7.40. The minimum atomic E-state index is -3.70. The van der Waals surface area contributed by atoms with Crippen molar-refractivity contribution < 1.29 is 22.3 Å². The van der Waals surface area contributed by atoms with E-state index < -0.39 is 10.0 Å². The van der Waals surface area contributed by atoms with Crippen molar-refractivity contribution in [2.75, 3.05) is 27.3 Å². The number of ether oxygens (including phenoxy) is 2. The van der Waals surface area contributed by atoms with Crippen molar-refractivity contribution in [1.82, 2.24) is 9.62 Å². The van der Waals surface area contributed by atoms with Crippen molar-refractivity contribution in [3.05, 3.63) is 89.2 Å². The van der Waals surface area contributed by atoms with E-state index in [1.165, 1.54) is 6.07 Å². The van der Waals surface area contributed by atoms with Gasteiger partial charge in [-0.2, -0.15) is 0 Å². The molecule has 0 spiro atoms. The highest BCUT2D eigenvalue weighted by atomic mass is 32.2. The molecule has 0 aromatic heterocycles. The summed E-state index contributed by atoms with van der Waals surface area (Å²) in [5, 5.41) is 0. The van der Waals surface area contributed by atoms with Gasteiger partial charge < -0.3 is 9.47 Å². The molecule has 174 valence electrons. The molecule has 0 saturated carbocycles. The van der Waals surface area contributed by atoms with Crippen molar-refractivity contribution in [1.29, 1.82) is 0 Å². The summed E-state index contributed by atoms with van der Waals surface area (Å²) in [6.07, 6.45) is 0.728. The van der Waals surface area contributed by atoms with E-state index in [2.05, 4.69) is 9.62 Å². The average molecular weight is 471 g/mol. The van der Waals surface area contributed by atoms with Crippen LogP contribution < -0.4 is 14.2 Å². The van der Waals surface area contributed by atoms with Crippen LogP contribution in [-0.4, -0.2) is 40.6 Å². The van der Waals surface area contributed by atoms with Crippen molar-refractivity contribution in [2.24, 2.45) is 0 Å². The van der Waals surface area contributed by atoms with E-state index in [1.54, 1.807) is 62.8 Å². The maximum absolute atomic E-state index is 14.4. The molecule has 0 radical (unpaired) electrons. The average Bonchev–Trinajstić information content (AvgIpc) is 2.84. The zero-order valence-electron chi connectivity index (χ0n) is 18.6. The molecule has 0 aliphatic carbocycles. The predicted molar refractivity (Wildman–Crippen MR) is 124 cm³/mol. The predicted octanol–water partition coefficient (Wildman–Crippen LogP) is 3.92. The lowest BCUT2D eigenvalue weighted by Gasteiger charge is -2.38. The molecule has 0 unspecified atom stereocenters. The number of sulfonamides is 1. The van der Waals surface area contributed by atoms with Crippen LogP contribution in [0, 0.1) is 5.82 Å². The summed E-state index contributed by atoms with van der Waals surface area (Å²) in [5.41, 5.74) is 2.56. The van der Waals surface area contributed by atoms with Crippen LogP contribution in [0.3, 0.4) is 0 Å². The Bertz CT molecular complexity index is 1220. The summed E-state index contributed by atoms with van der Waals surface area (Å²) in [7, 11) is -0.549. The summed E-state index contributed by atoms with van der Waals surface area (Å²) in [6.45, 7) is 1.14. The molecule has 1 aliphatic rings. The van der Waals surface area contributed by atoms with Gasteiger partial charge in [-0.25, -0.2) is 17.5 Å². The van der Waals surface area contributed by atoms with E-state index in [9.17, 15) is 12.8 Å². The molecule has 1 heterocycles. The second-order valence-electron chi connectivity index (χ2n) is 7.90. The first kappa shape index (κ1) is 23.2. The number of halogens is 1. The minimum absolute atomic E-state index is 0.133. The Hall–Kier alpha value is -2.94. The fraction of sp³-hybridized carbons (Fsp3) is 0.280. The van der Waals surface area contributed by atoms with Gasteiger partial charge in [0.15, 0.2) is 11.5 Å². The van der Waals surface area contributed by atoms with Gasteiger partial charge in [0.2, 0.25) is 10.0 Å². The lowest BCUT2D eigenvalue weighted by molar-refractivity contribution is 0.174. The summed E-state index contributed by atoms with van der Waals surface area (Å²) >= 11 is 0. The van der Waals surface area contributed by atoms with Gasteiger partial charge in [-0.05, 0) is 47.9 Å². The molecule has 1 atom stereocenters. The van der Waals surface area contributed by atoms with Crippen molar-refractivity contribution in [3.63, 3.8) is 0 Å². The number of benzene rings is 3. The van der Waals surface area contributed by atoms with Crippen LogP contribution in [0.2, 0.25) is 0 Å². The Kier molecular flexibility index (Phi) is 6.97. The highest BCUT2D eigenvalue weighted by Gasteiger charge is 2.31. The first-order chi connectivity index (χ1) is 15.9. The van der Waals surface area contributed by atoms with Gasteiger partial charge in [-0.3, -0.25) is 4.90 Å². The maximum Gasteiger partial charge on any atom is 0.240 e. The quantitative estimate of drug-likeness (QED) is 0.541. The van der Waals surface area contributed by atoms with Crippen LogP contribution in [0.1, 0.15) is 22.7 Å². The van der Waals surface area contributed by atoms with Gasteiger partial charge in [-0.15, -0.1) is 0 Å². The summed E-state index contributed by atoms with van der Waals surface area (Å²) in [4.78, 5) is 2.30. The van der Waals surface area contributed by atoms with E-state index in [-0.39, 0.29) is 23.3 Å². The van der Waals surface area contributed by atoms with Crippen molar-refractivity contribution >= 4 is 10.0 Å². The summed E-state index contributed by atoms with van der Waals surface area (Å²) in [6, 6.07) is 18.4. The molecule has 0 saturated heterocycles. The molecule has 33 heavy (non-hydrogen) atoms. The topological polar surface area (TPSA) is 67.9 Å². The molecular formula is C25H27FN2O4S. The van der Waals surface area contributed by atoms with E-state index in [4.69, 9.17) is 9.47 Å². The number of hydrogen-bond acceptors (Lipinski definition) is 5. The van der Waals surface area contributed by atoms with Gasteiger partial charge in [0.1, 0.15) is 5.82 Å². The van der Waals surface area contributed by atoms with Gasteiger partial charge >= 0.3 is 0 Å². The number of methoxy groups -OCH3 is 2. The largest absolute Gasteiger partial charge is 0.493 e. The van der Waals surface area contributed by atoms with Gasteiger partial charge in [0.25, 0.3) is 0 Å². The van der Waals surface area contributed by atoms with Crippen molar-refractivity contribution in [3.8, 4) is 11.5 Å². The Balaban J connectivity index is 1.68. The van der Waals surface area contributed by atoms with Crippen LogP contribution >= 0.6 is 0 Å². The second-order valence-corrected chi connectivity index (χ2v) is 9.67. The highest BCUT2D eigenvalue weighted by molar-refractivity contribution is 7.89. The Morgan fingerprint density at radius 1 is 1.00 bits per heavy atom. The molecule has 3 aromatic carbocycles. The highest BCUT2D eigenvalue weighted by Crippen LogP contribution is 2.38. The summed E-state index contributed by atoms with van der Waals surface area (Å²) < 4.78 is 53.9. The van der Waals surface area contributed by atoms with Crippen LogP contribution in [0.15, 0.2) is 71.6 Å².